The standard InChI is InChI=1S/C9H11F2NO/c1-6(5-12)13-9-3-7(10)2-8(11)4-9/h2-4,6H,5,12H2,1H3. The summed E-state index contributed by atoms with van der Waals surface area (Å²) in [7, 11) is 0. The highest BCUT2D eigenvalue weighted by Gasteiger charge is 2.04. The minimum absolute atomic E-state index is 0.162. The van der Waals surface area contributed by atoms with E-state index in [9.17, 15) is 8.78 Å². The number of benzene rings is 1. The van der Waals surface area contributed by atoms with Crippen LogP contribution < -0.4 is 10.5 Å². The van der Waals surface area contributed by atoms with Gasteiger partial charge in [0.05, 0.1) is 0 Å². The first-order valence-electron chi connectivity index (χ1n) is 3.94. The first-order valence-corrected chi connectivity index (χ1v) is 3.94. The molecule has 0 aliphatic heterocycles. The Bertz CT molecular complexity index is 271. The van der Waals surface area contributed by atoms with Gasteiger partial charge < -0.3 is 10.5 Å². The van der Waals surface area contributed by atoms with Gasteiger partial charge in [-0.1, -0.05) is 0 Å². The van der Waals surface area contributed by atoms with Gasteiger partial charge in [-0.3, -0.25) is 0 Å². The lowest BCUT2D eigenvalue weighted by molar-refractivity contribution is 0.228. The lowest BCUT2D eigenvalue weighted by atomic mass is 10.3. The van der Waals surface area contributed by atoms with Crippen LogP contribution in [0.25, 0.3) is 0 Å². The van der Waals surface area contributed by atoms with E-state index in [4.69, 9.17) is 10.5 Å². The summed E-state index contributed by atoms with van der Waals surface area (Å²) in [5.41, 5.74) is 5.28. The predicted molar refractivity (Wildman–Crippen MR) is 45.5 cm³/mol. The van der Waals surface area contributed by atoms with Crippen molar-refractivity contribution >= 4 is 0 Å². The fraction of sp³-hybridized carbons (Fsp3) is 0.333. The fourth-order valence-corrected chi connectivity index (χ4v) is 0.877. The lowest BCUT2D eigenvalue weighted by Gasteiger charge is -2.12. The average molecular weight is 187 g/mol. The molecule has 0 spiro atoms. The SMILES string of the molecule is CC(CN)Oc1cc(F)cc(F)c1. The van der Waals surface area contributed by atoms with E-state index in [-0.39, 0.29) is 11.9 Å². The van der Waals surface area contributed by atoms with E-state index < -0.39 is 11.6 Å². The van der Waals surface area contributed by atoms with Gasteiger partial charge >= 0.3 is 0 Å². The van der Waals surface area contributed by atoms with E-state index in [0.717, 1.165) is 18.2 Å². The summed E-state index contributed by atoms with van der Waals surface area (Å²) in [6.07, 6.45) is -0.249. The molecule has 2 N–H and O–H groups in total. The Labute approximate surface area is 75.3 Å². The van der Waals surface area contributed by atoms with Crippen LogP contribution in [0.15, 0.2) is 18.2 Å². The Morgan fingerprint density at radius 2 is 1.85 bits per heavy atom. The van der Waals surface area contributed by atoms with E-state index in [0.29, 0.717) is 6.54 Å². The minimum Gasteiger partial charge on any atom is -0.489 e. The van der Waals surface area contributed by atoms with E-state index in [2.05, 4.69) is 0 Å². The van der Waals surface area contributed by atoms with Gasteiger partial charge in [-0.25, -0.2) is 8.78 Å². The number of nitrogens with two attached hydrogens (primary N) is 1. The smallest absolute Gasteiger partial charge is 0.129 e. The first-order chi connectivity index (χ1) is 6.11. The van der Waals surface area contributed by atoms with E-state index in [1.54, 1.807) is 6.92 Å². The van der Waals surface area contributed by atoms with Crippen LogP contribution in [0.5, 0.6) is 5.75 Å². The zero-order valence-corrected chi connectivity index (χ0v) is 7.26. The molecule has 1 aromatic rings. The highest BCUT2D eigenvalue weighted by molar-refractivity contribution is 5.23. The van der Waals surface area contributed by atoms with Crippen molar-refractivity contribution in [2.45, 2.75) is 13.0 Å². The lowest BCUT2D eigenvalue weighted by Crippen LogP contribution is -2.22. The predicted octanol–water partition coefficient (Wildman–Crippen LogP) is 1.69. The van der Waals surface area contributed by atoms with Gasteiger partial charge in [0, 0.05) is 24.7 Å². The Morgan fingerprint density at radius 3 is 2.31 bits per heavy atom. The molecule has 0 radical (unpaired) electrons. The maximum absolute atomic E-state index is 12.6. The molecule has 0 bridgehead atoms. The Morgan fingerprint density at radius 1 is 1.31 bits per heavy atom. The molecule has 0 aromatic heterocycles. The maximum Gasteiger partial charge on any atom is 0.129 e. The molecular weight excluding hydrogens is 176 g/mol. The highest BCUT2D eigenvalue weighted by atomic mass is 19.1. The number of hydrogen-bond donors (Lipinski definition) is 1. The zero-order valence-electron chi connectivity index (χ0n) is 7.26. The molecule has 0 heterocycles. The van der Waals surface area contributed by atoms with Crippen molar-refractivity contribution in [1.82, 2.24) is 0 Å². The third-order valence-corrected chi connectivity index (χ3v) is 1.51. The van der Waals surface area contributed by atoms with Crippen molar-refractivity contribution in [3.8, 4) is 5.75 Å². The van der Waals surface area contributed by atoms with Crippen LogP contribution in [-0.2, 0) is 0 Å². The van der Waals surface area contributed by atoms with Gasteiger partial charge in [0.25, 0.3) is 0 Å². The number of halogens is 2. The van der Waals surface area contributed by atoms with Crippen LogP contribution in [0.2, 0.25) is 0 Å². The van der Waals surface area contributed by atoms with E-state index in [1.807, 2.05) is 0 Å². The highest BCUT2D eigenvalue weighted by Crippen LogP contribution is 2.16. The van der Waals surface area contributed by atoms with Gasteiger partial charge in [0.2, 0.25) is 0 Å². The minimum atomic E-state index is -0.653. The molecule has 0 amide bonds. The molecule has 72 valence electrons. The molecule has 0 aliphatic carbocycles. The molecule has 4 heteroatoms. The van der Waals surface area contributed by atoms with E-state index >= 15 is 0 Å². The quantitative estimate of drug-likeness (QED) is 0.781. The summed E-state index contributed by atoms with van der Waals surface area (Å²) in [5.74, 6) is -1.14. The zero-order chi connectivity index (χ0) is 9.84. The van der Waals surface area contributed by atoms with Crippen LogP contribution in [0.1, 0.15) is 6.92 Å². The molecule has 0 fully saturated rings. The van der Waals surface area contributed by atoms with Gasteiger partial charge in [0.1, 0.15) is 23.5 Å². The van der Waals surface area contributed by atoms with E-state index in [1.165, 1.54) is 0 Å². The second-order valence-electron chi connectivity index (χ2n) is 2.77. The number of hydrogen-bond acceptors (Lipinski definition) is 2. The maximum atomic E-state index is 12.6. The third kappa shape index (κ3) is 2.99. The molecule has 1 atom stereocenters. The Balaban J connectivity index is 2.77. The molecule has 0 saturated carbocycles. The summed E-state index contributed by atoms with van der Waals surface area (Å²) in [5, 5.41) is 0. The second-order valence-corrected chi connectivity index (χ2v) is 2.77. The molecule has 1 rings (SSSR count). The van der Waals surface area contributed by atoms with Gasteiger partial charge in [-0.2, -0.15) is 0 Å². The van der Waals surface area contributed by atoms with Gasteiger partial charge in [-0.05, 0) is 6.92 Å². The van der Waals surface area contributed by atoms with Crippen LogP contribution in [0.4, 0.5) is 8.78 Å². The van der Waals surface area contributed by atoms with Crippen molar-refractivity contribution in [1.29, 1.82) is 0 Å². The summed E-state index contributed by atoms with van der Waals surface area (Å²) in [4.78, 5) is 0. The van der Waals surface area contributed by atoms with Crippen molar-refractivity contribution < 1.29 is 13.5 Å². The van der Waals surface area contributed by atoms with Gasteiger partial charge in [0.15, 0.2) is 0 Å². The normalized spacial score (nSPS) is 12.6. The Hall–Kier alpha value is -1.16. The number of ether oxygens (including phenoxy) is 1. The fourth-order valence-electron chi connectivity index (χ4n) is 0.877. The molecule has 0 aliphatic rings. The summed E-state index contributed by atoms with van der Waals surface area (Å²) >= 11 is 0. The summed E-state index contributed by atoms with van der Waals surface area (Å²) in [6.45, 7) is 2.03. The van der Waals surface area contributed by atoms with Crippen molar-refractivity contribution in [3.05, 3.63) is 29.8 Å². The summed E-state index contributed by atoms with van der Waals surface area (Å²) < 4.78 is 30.4. The summed E-state index contributed by atoms with van der Waals surface area (Å²) in [6, 6.07) is 3.03. The van der Waals surface area contributed by atoms with Gasteiger partial charge in [-0.15, -0.1) is 0 Å². The molecule has 1 aromatic carbocycles. The Kier molecular flexibility index (Phi) is 3.19. The van der Waals surface area contributed by atoms with Crippen molar-refractivity contribution in [3.63, 3.8) is 0 Å². The molecular formula is C9H11F2NO. The number of rotatable bonds is 3. The average Bonchev–Trinajstić information content (AvgIpc) is 2.02. The van der Waals surface area contributed by atoms with Crippen molar-refractivity contribution in [2.24, 2.45) is 5.73 Å². The molecule has 2 nitrogen and oxygen atoms in total. The van der Waals surface area contributed by atoms with Crippen LogP contribution in [-0.4, -0.2) is 12.6 Å². The first kappa shape index (κ1) is 9.92. The largest absolute Gasteiger partial charge is 0.489 e. The third-order valence-electron chi connectivity index (χ3n) is 1.51. The van der Waals surface area contributed by atoms with Crippen molar-refractivity contribution in [2.75, 3.05) is 6.54 Å². The topological polar surface area (TPSA) is 35.2 Å². The molecule has 0 saturated heterocycles. The molecule has 1 unspecified atom stereocenters. The van der Waals surface area contributed by atoms with Crippen LogP contribution >= 0.6 is 0 Å². The molecule has 13 heavy (non-hydrogen) atoms. The second kappa shape index (κ2) is 4.18. The monoisotopic (exact) mass is 187 g/mol. The van der Waals surface area contributed by atoms with Crippen LogP contribution in [0, 0.1) is 11.6 Å². The van der Waals surface area contributed by atoms with Crippen LogP contribution in [0.3, 0.4) is 0 Å².